The van der Waals surface area contributed by atoms with Crippen LogP contribution in [0.15, 0.2) is 17.5 Å². The van der Waals surface area contributed by atoms with E-state index in [9.17, 15) is 0 Å². The third kappa shape index (κ3) is 1.18. The summed E-state index contributed by atoms with van der Waals surface area (Å²) in [5.74, 6) is 0. The van der Waals surface area contributed by atoms with Gasteiger partial charge in [-0.05, 0) is 18.5 Å². The van der Waals surface area contributed by atoms with E-state index >= 15 is 0 Å². The van der Waals surface area contributed by atoms with Crippen molar-refractivity contribution in [1.82, 2.24) is 5.32 Å². The van der Waals surface area contributed by atoms with E-state index in [1.165, 1.54) is 4.88 Å². The highest BCUT2D eigenvalue weighted by atomic mass is 32.1. The van der Waals surface area contributed by atoms with Crippen LogP contribution in [0.2, 0.25) is 0 Å². The van der Waals surface area contributed by atoms with Crippen LogP contribution in [-0.2, 0) is 10.2 Å². The fourth-order valence-electron chi connectivity index (χ4n) is 1.60. The zero-order valence-corrected chi connectivity index (χ0v) is 7.99. The maximum atomic E-state index is 5.28. The zero-order valence-electron chi connectivity index (χ0n) is 7.17. The first-order valence-electron chi connectivity index (χ1n) is 4.14. The van der Waals surface area contributed by atoms with Gasteiger partial charge in [0.25, 0.3) is 0 Å². The monoisotopic (exact) mass is 183 g/mol. The van der Waals surface area contributed by atoms with Gasteiger partial charge < -0.3 is 10.1 Å². The fourth-order valence-corrected chi connectivity index (χ4v) is 2.50. The van der Waals surface area contributed by atoms with E-state index in [0.717, 1.165) is 19.8 Å². The topological polar surface area (TPSA) is 21.3 Å². The average Bonchev–Trinajstić information content (AvgIpc) is 2.48. The molecule has 2 nitrogen and oxygen atoms in total. The van der Waals surface area contributed by atoms with Crippen LogP contribution in [0.25, 0.3) is 0 Å². The van der Waals surface area contributed by atoms with Crippen LogP contribution in [0, 0.1) is 0 Å². The lowest BCUT2D eigenvalue weighted by molar-refractivity contribution is -0.0564. The number of likely N-dealkylation sites (N-methyl/N-ethyl adjacent to an activating group) is 1. The highest BCUT2D eigenvalue weighted by Gasteiger charge is 2.40. The van der Waals surface area contributed by atoms with Gasteiger partial charge in [0.2, 0.25) is 0 Å². The number of hydrogen-bond donors (Lipinski definition) is 1. The Labute approximate surface area is 76.6 Å². The quantitative estimate of drug-likeness (QED) is 0.761. The summed E-state index contributed by atoms with van der Waals surface area (Å²) in [6.07, 6.45) is 0. The van der Waals surface area contributed by atoms with E-state index in [4.69, 9.17) is 4.74 Å². The average molecular weight is 183 g/mol. The lowest BCUT2D eigenvalue weighted by Crippen LogP contribution is -2.52. The van der Waals surface area contributed by atoms with Crippen molar-refractivity contribution >= 4 is 11.3 Å². The van der Waals surface area contributed by atoms with Crippen molar-refractivity contribution in [1.29, 1.82) is 0 Å². The van der Waals surface area contributed by atoms with Gasteiger partial charge in [0.15, 0.2) is 0 Å². The molecule has 0 amide bonds. The molecule has 2 rings (SSSR count). The molecule has 0 aromatic carbocycles. The van der Waals surface area contributed by atoms with Crippen molar-refractivity contribution < 1.29 is 4.74 Å². The molecular weight excluding hydrogens is 170 g/mol. The van der Waals surface area contributed by atoms with Crippen LogP contribution in [0.4, 0.5) is 0 Å². The highest BCUT2D eigenvalue weighted by Crippen LogP contribution is 2.34. The summed E-state index contributed by atoms with van der Waals surface area (Å²) in [5, 5.41) is 5.36. The first-order valence-corrected chi connectivity index (χ1v) is 5.02. The Bertz CT molecular complexity index is 241. The molecule has 0 saturated carbocycles. The molecule has 1 aliphatic rings. The molecule has 0 atom stereocenters. The Morgan fingerprint density at radius 3 is 2.92 bits per heavy atom. The summed E-state index contributed by atoms with van der Waals surface area (Å²) in [7, 11) is 1.99. The van der Waals surface area contributed by atoms with E-state index in [-0.39, 0.29) is 5.41 Å². The van der Waals surface area contributed by atoms with Gasteiger partial charge in [0.05, 0.1) is 18.6 Å². The minimum Gasteiger partial charge on any atom is -0.379 e. The summed E-state index contributed by atoms with van der Waals surface area (Å²) in [6.45, 7) is 2.76. The molecule has 0 unspecified atom stereocenters. The molecule has 3 heteroatoms. The van der Waals surface area contributed by atoms with Crippen molar-refractivity contribution in [2.75, 3.05) is 26.8 Å². The van der Waals surface area contributed by atoms with Crippen LogP contribution in [0.5, 0.6) is 0 Å². The van der Waals surface area contributed by atoms with Crippen LogP contribution in [0.3, 0.4) is 0 Å². The Kier molecular flexibility index (Phi) is 2.17. The van der Waals surface area contributed by atoms with Gasteiger partial charge in [-0.25, -0.2) is 0 Å². The second kappa shape index (κ2) is 3.17. The van der Waals surface area contributed by atoms with Crippen molar-refractivity contribution in [3.05, 3.63) is 22.4 Å². The predicted molar refractivity (Wildman–Crippen MR) is 50.7 cm³/mol. The molecule has 0 bridgehead atoms. The molecule has 2 heterocycles. The molecule has 1 fully saturated rings. The second-order valence-electron chi connectivity index (χ2n) is 3.28. The lowest BCUT2D eigenvalue weighted by Gasteiger charge is -2.40. The van der Waals surface area contributed by atoms with E-state index in [1.54, 1.807) is 0 Å². The van der Waals surface area contributed by atoms with Crippen LogP contribution >= 0.6 is 11.3 Å². The Morgan fingerprint density at radius 1 is 1.67 bits per heavy atom. The molecule has 12 heavy (non-hydrogen) atoms. The first-order chi connectivity index (χ1) is 5.87. The van der Waals surface area contributed by atoms with Crippen molar-refractivity contribution in [3.8, 4) is 0 Å². The van der Waals surface area contributed by atoms with E-state index in [0.29, 0.717) is 0 Å². The molecule has 66 valence electrons. The van der Waals surface area contributed by atoms with E-state index < -0.39 is 0 Å². The van der Waals surface area contributed by atoms with Crippen LogP contribution in [-0.4, -0.2) is 26.8 Å². The minimum absolute atomic E-state index is 0.281. The third-order valence-corrected chi connectivity index (χ3v) is 3.43. The molecule has 0 aliphatic carbocycles. The molecule has 1 aliphatic heterocycles. The molecule has 1 saturated heterocycles. The van der Waals surface area contributed by atoms with Crippen LogP contribution < -0.4 is 5.32 Å². The standard InChI is InChI=1S/C9H13NOS/c1-10-5-9(6-11-7-9)8-3-2-4-12-8/h2-4,10H,5-7H2,1H3. The number of hydrogen-bond acceptors (Lipinski definition) is 3. The number of thiophene rings is 1. The second-order valence-corrected chi connectivity index (χ2v) is 4.23. The van der Waals surface area contributed by atoms with Gasteiger partial charge >= 0.3 is 0 Å². The molecule has 0 spiro atoms. The first kappa shape index (κ1) is 8.23. The normalized spacial score (nSPS) is 20.4. The predicted octanol–water partition coefficient (Wildman–Crippen LogP) is 1.24. The number of nitrogens with one attached hydrogen (secondary N) is 1. The zero-order chi connectivity index (χ0) is 8.44. The summed E-state index contributed by atoms with van der Waals surface area (Å²) < 4.78 is 5.28. The van der Waals surface area contributed by atoms with Crippen LogP contribution in [0.1, 0.15) is 4.88 Å². The Balaban J connectivity index is 2.17. The molecule has 1 N–H and O–H groups in total. The molecule has 1 aromatic heterocycles. The smallest absolute Gasteiger partial charge is 0.0638 e. The Hall–Kier alpha value is -0.380. The number of rotatable bonds is 3. The Morgan fingerprint density at radius 2 is 2.50 bits per heavy atom. The lowest BCUT2D eigenvalue weighted by atomic mass is 9.84. The number of ether oxygens (including phenoxy) is 1. The largest absolute Gasteiger partial charge is 0.379 e. The SMILES string of the molecule is CNCC1(c2cccs2)COC1. The van der Waals surface area contributed by atoms with Gasteiger partial charge in [0, 0.05) is 11.4 Å². The third-order valence-electron chi connectivity index (χ3n) is 2.32. The van der Waals surface area contributed by atoms with Crippen molar-refractivity contribution in [2.24, 2.45) is 0 Å². The minimum atomic E-state index is 0.281. The van der Waals surface area contributed by atoms with Gasteiger partial charge in [-0.2, -0.15) is 0 Å². The van der Waals surface area contributed by atoms with Gasteiger partial charge in [-0.15, -0.1) is 11.3 Å². The van der Waals surface area contributed by atoms with Gasteiger partial charge in [-0.1, -0.05) is 6.07 Å². The van der Waals surface area contributed by atoms with E-state index in [2.05, 4.69) is 22.8 Å². The fraction of sp³-hybridized carbons (Fsp3) is 0.556. The summed E-state index contributed by atoms with van der Waals surface area (Å²) in [6, 6.07) is 4.31. The molecular formula is C9H13NOS. The molecule has 1 aromatic rings. The maximum absolute atomic E-state index is 5.28. The van der Waals surface area contributed by atoms with Crippen molar-refractivity contribution in [3.63, 3.8) is 0 Å². The van der Waals surface area contributed by atoms with Gasteiger partial charge in [0.1, 0.15) is 0 Å². The summed E-state index contributed by atoms with van der Waals surface area (Å²) in [5.41, 5.74) is 0.281. The summed E-state index contributed by atoms with van der Waals surface area (Å²) >= 11 is 1.83. The van der Waals surface area contributed by atoms with Gasteiger partial charge in [-0.3, -0.25) is 0 Å². The highest BCUT2D eigenvalue weighted by molar-refractivity contribution is 7.10. The van der Waals surface area contributed by atoms with Crippen molar-refractivity contribution in [2.45, 2.75) is 5.41 Å². The molecule has 0 radical (unpaired) electrons. The van der Waals surface area contributed by atoms with E-state index in [1.807, 2.05) is 18.4 Å². The summed E-state index contributed by atoms with van der Waals surface area (Å²) in [4.78, 5) is 1.45. The maximum Gasteiger partial charge on any atom is 0.0638 e.